The van der Waals surface area contributed by atoms with Crippen molar-refractivity contribution in [2.75, 3.05) is 0 Å². The number of imidazole rings is 1. The zero-order valence-electron chi connectivity index (χ0n) is 12.1. The number of amides is 1. The van der Waals surface area contributed by atoms with E-state index in [1.807, 2.05) is 0 Å². The van der Waals surface area contributed by atoms with E-state index < -0.39 is 11.3 Å². The molecule has 5 rings (SSSR count). The summed E-state index contributed by atoms with van der Waals surface area (Å²) in [5, 5.41) is 0. The fourth-order valence-corrected chi connectivity index (χ4v) is 5.81. The molecule has 0 spiro atoms. The first kappa shape index (κ1) is 14.1. The third-order valence-corrected chi connectivity index (χ3v) is 5.91. The summed E-state index contributed by atoms with van der Waals surface area (Å²) in [7, 11) is 0. The minimum absolute atomic E-state index is 0.0265. The van der Waals surface area contributed by atoms with Gasteiger partial charge in [0.2, 0.25) is 0 Å². The van der Waals surface area contributed by atoms with Crippen molar-refractivity contribution in [1.29, 1.82) is 0 Å². The van der Waals surface area contributed by atoms with Crippen LogP contribution >= 0.6 is 11.6 Å². The van der Waals surface area contributed by atoms with E-state index in [0.717, 1.165) is 25.7 Å². The SMILES string of the molecule is NC(=O)c1[nH]cnc1OC(=O)C12CC3CC(CC(Cl)(C3)C1)C2. The molecule has 2 atom stereocenters. The lowest BCUT2D eigenvalue weighted by Crippen LogP contribution is -2.57. The molecule has 0 aliphatic heterocycles. The van der Waals surface area contributed by atoms with Gasteiger partial charge in [-0.05, 0) is 50.4 Å². The zero-order chi connectivity index (χ0) is 15.5. The van der Waals surface area contributed by atoms with Crippen LogP contribution in [0.4, 0.5) is 0 Å². The Labute approximate surface area is 132 Å². The second-order valence-corrected chi connectivity index (χ2v) is 8.03. The van der Waals surface area contributed by atoms with Crippen LogP contribution < -0.4 is 10.5 Å². The van der Waals surface area contributed by atoms with Gasteiger partial charge in [0.1, 0.15) is 0 Å². The van der Waals surface area contributed by atoms with Crippen LogP contribution in [0.3, 0.4) is 0 Å². The maximum absolute atomic E-state index is 12.8. The fourth-order valence-electron chi connectivity index (χ4n) is 5.12. The van der Waals surface area contributed by atoms with E-state index in [0.29, 0.717) is 18.3 Å². The summed E-state index contributed by atoms with van der Waals surface area (Å²) < 4.78 is 5.44. The van der Waals surface area contributed by atoms with E-state index in [-0.39, 0.29) is 22.4 Å². The summed E-state index contributed by atoms with van der Waals surface area (Å²) in [6.45, 7) is 0. The number of primary amides is 1. The summed E-state index contributed by atoms with van der Waals surface area (Å²) in [4.78, 5) is 30.3. The highest BCUT2D eigenvalue weighted by molar-refractivity contribution is 6.24. The summed E-state index contributed by atoms with van der Waals surface area (Å²) in [6.07, 6.45) is 6.76. The Hall–Kier alpha value is -1.56. The molecule has 0 saturated heterocycles. The first-order chi connectivity index (χ1) is 10.4. The zero-order valence-corrected chi connectivity index (χ0v) is 12.9. The van der Waals surface area contributed by atoms with Crippen molar-refractivity contribution in [2.24, 2.45) is 23.0 Å². The van der Waals surface area contributed by atoms with Crippen LogP contribution in [0.25, 0.3) is 0 Å². The van der Waals surface area contributed by atoms with E-state index in [9.17, 15) is 9.59 Å². The van der Waals surface area contributed by atoms with Crippen molar-refractivity contribution in [1.82, 2.24) is 9.97 Å². The third kappa shape index (κ3) is 2.04. The van der Waals surface area contributed by atoms with Gasteiger partial charge in [-0.25, -0.2) is 4.98 Å². The van der Waals surface area contributed by atoms with Gasteiger partial charge < -0.3 is 15.5 Å². The molecule has 1 heterocycles. The molecule has 0 aromatic carbocycles. The number of nitrogens with zero attached hydrogens (tertiary/aromatic N) is 1. The number of esters is 1. The van der Waals surface area contributed by atoms with E-state index in [4.69, 9.17) is 22.1 Å². The number of aromatic nitrogens is 2. The summed E-state index contributed by atoms with van der Waals surface area (Å²) >= 11 is 6.72. The molecule has 4 aliphatic carbocycles. The van der Waals surface area contributed by atoms with Crippen LogP contribution in [0.5, 0.6) is 5.88 Å². The molecule has 4 bridgehead atoms. The Bertz CT molecular complexity index is 642. The smallest absolute Gasteiger partial charge is 0.318 e. The number of aromatic amines is 1. The lowest BCUT2D eigenvalue weighted by atomic mass is 9.49. The van der Waals surface area contributed by atoms with Crippen LogP contribution in [-0.4, -0.2) is 26.7 Å². The number of carbonyl (C=O) groups excluding carboxylic acids is 2. The highest BCUT2D eigenvalue weighted by atomic mass is 35.5. The molecule has 2 unspecified atom stereocenters. The highest BCUT2D eigenvalue weighted by Crippen LogP contribution is 2.64. The number of hydrogen-bond acceptors (Lipinski definition) is 4. The number of H-pyrrole nitrogens is 1. The van der Waals surface area contributed by atoms with Gasteiger partial charge in [0.15, 0.2) is 5.69 Å². The molecule has 3 N–H and O–H groups in total. The van der Waals surface area contributed by atoms with Crippen molar-refractivity contribution < 1.29 is 14.3 Å². The maximum Gasteiger partial charge on any atom is 0.318 e. The largest absolute Gasteiger partial charge is 0.404 e. The van der Waals surface area contributed by atoms with E-state index in [1.54, 1.807) is 0 Å². The maximum atomic E-state index is 12.8. The Morgan fingerprint density at radius 2 is 2.00 bits per heavy atom. The molecule has 4 saturated carbocycles. The van der Waals surface area contributed by atoms with Crippen LogP contribution in [-0.2, 0) is 4.79 Å². The van der Waals surface area contributed by atoms with Gasteiger partial charge in [-0.2, -0.15) is 0 Å². The molecule has 7 heteroatoms. The van der Waals surface area contributed by atoms with Crippen LogP contribution in [0, 0.1) is 17.3 Å². The molecule has 4 fully saturated rings. The summed E-state index contributed by atoms with van der Waals surface area (Å²) in [5.74, 6) is -0.0418. The molecule has 6 nitrogen and oxygen atoms in total. The molecule has 1 aromatic heterocycles. The van der Waals surface area contributed by atoms with Gasteiger partial charge in [0.05, 0.1) is 11.7 Å². The molecule has 1 aromatic rings. The Morgan fingerprint density at radius 1 is 1.32 bits per heavy atom. The van der Waals surface area contributed by atoms with Crippen LogP contribution in [0.1, 0.15) is 49.0 Å². The van der Waals surface area contributed by atoms with E-state index in [2.05, 4.69) is 9.97 Å². The topological polar surface area (TPSA) is 98.1 Å². The van der Waals surface area contributed by atoms with Gasteiger partial charge in [0.25, 0.3) is 11.8 Å². The average molecular weight is 324 g/mol. The fraction of sp³-hybridized carbons (Fsp3) is 0.667. The predicted molar refractivity (Wildman–Crippen MR) is 78.4 cm³/mol. The monoisotopic (exact) mass is 323 g/mol. The molecule has 0 radical (unpaired) electrons. The third-order valence-electron chi connectivity index (χ3n) is 5.46. The first-order valence-electron chi connectivity index (χ1n) is 7.64. The molecule has 1 amide bonds. The molecule has 22 heavy (non-hydrogen) atoms. The summed E-state index contributed by atoms with van der Waals surface area (Å²) in [5.41, 5.74) is 4.74. The van der Waals surface area contributed by atoms with Crippen molar-refractivity contribution in [2.45, 2.75) is 43.4 Å². The minimum atomic E-state index is -0.695. The lowest BCUT2D eigenvalue weighted by molar-refractivity contribution is -0.160. The first-order valence-corrected chi connectivity index (χ1v) is 8.01. The van der Waals surface area contributed by atoms with Crippen molar-refractivity contribution in [3.05, 3.63) is 12.0 Å². The van der Waals surface area contributed by atoms with Gasteiger partial charge in [0, 0.05) is 4.87 Å². The van der Waals surface area contributed by atoms with E-state index >= 15 is 0 Å². The Morgan fingerprint density at radius 3 is 2.59 bits per heavy atom. The molecular weight excluding hydrogens is 306 g/mol. The van der Waals surface area contributed by atoms with Crippen molar-refractivity contribution in [3.8, 4) is 5.88 Å². The summed E-state index contributed by atoms with van der Waals surface area (Å²) in [6, 6.07) is 0. The van der Waals surface area contributed by atoms with Crippen molar-refractivity contribution in [3.63, 3.8) is 0 Å². The van der Waals surface area contributed by atoms with Crippen LogP contribution in [0.2, 0.25) is 0 Å². The number of ether oxygens (including phenoxy) is 1. The second-order valence-electron chi connectivity index (χ2n) is 7.23. The predicted octanol–water partition coefficient (Wildman–Crippen LogP) is 1.99. The van der Waals surface area contributed by atoms with Crippen LogP contribution in [0.15, 0.2) is 6.33 Å². The molecular formula is C15H18ClN3O3. The quantitative estimate of drug-likeness (QED) is 0.656. The van der Waals surface area contributed by atoms with Gasteiger partial charge >= 0.3 is 5.97 Å². The molecule has 118 valence electrons. The number of carbonyl (C=O) groups is 2. The van der Waals surface area contributed by atoms with Crippen molar-refractivity contribution >= 4 is 23.5 Å². The molecule has 4 aliphatic rings. The number of rotatable bonds is 3. The standard InChI is InChI=1S/C15H18ClN3O3/c16-15-4-8-1-9(5-15)3-14(2-8,6-15)13(21)22-12-10(11(17)20)18-7-19-12/h7-9H,1-6H2,(H2,17,20)(H,18,19). The number of nitrogens with two attached hydrogens (primary N) is 1. The van der Waals surface area contributed by atoms with Gasteiger partial charge in [-0.1, -0.05) is 0 Å². The number of nitrogens with one attached hydrogen (secondary N) is 1. The highest BCUT2D eigenvalue weighted by Gasteiger charge is 2.61. The Balaban J connectivity index is 1.60. The Kier molecular flexibility index (Phi) is 2.86. The van der Waals surface area contributed by atoms with Gasteiger partial charge in [-0.15, -0.1) is 11.6 Å². The van der Waals surface area contributed by atoms with Gasteiger partial charge in [-0.3, -0.25) is 9.59 Å². The normalized spacial score (nSPS) is 39.0. The number of alkyl halides is 1. The number of hydrogen-bond donors (Lipinski definition) is 2. The minimum Gasteiger partial charge on any atom is -0.404 e. The average Bonchev–Trinajstić information content (AvgIpc) is 2.84. The number of halogens is 1. The second kappa shape index (κ2) is 4.47. The van der Waals surface area contributed by atoms with E-state index in [1.165, 1.54) is 12.7 Å². The lowest BCUT2D eigenvalue weighted by Gasteiger charge is -2.58.